The van der Waals surface area contributed by atoms with Crippen LogP contribution in [0, 0.1) is 6.92 Å². The van der Waals surface area contributed by atoms with E-state index in [1.807, 2.05) is 0 Å². The highest BCUT2D eigenvalue weighted by Gasteiger charge is 2.30. The van der Waals surface area contributed by atoms with Crippen LogP contribution >= 0.6 is 0 Å². The van der Waals surface area contributed by atoms with Gasteiger partial charge in [0.2, 0.25) is 0 Å². The molecule has 0 saturated heterocycles. The van der Waals surface area contributed by atoms with Crippen LogP contribution in [0.4, 0.5) is 11.4 Å². The Labute approximate surface area is 200 Å². The minimum atomic E-state index is -0.249. The summed E-state index contributed by atoms with van der Waals surface area (Å²) in [7, 11) is 0. The zero-order valence-corrected chi connectivity index (χ0v) is 20.0. The largest absolute Gasteiger partial charge is 0.507 e. The molecule has 0 atom stereocenters. The topological polar surface area (TPSA) is 56.9 Å². The number of anilines is 2. The van der Waals surface area contributed by atoms with Gasteiger partial charge in [0.25, 0.3) is 0 Å². The Morgan fingerprint density at radius 1 is 0.853 bits per heavy atom. The summed E-state index contributed by atoms with van der Waals surface area (Å²) >= 11 is 0. The first-order valence-corrected chi connectivity index (χ1v) is 13.1. The van der Waals surface area contributed by atoms with E-state index in [-0.39, 0.29) is 5.63 Å². The lowest BCUT2D eigenvalue weighted by atomic mass is 9.86. The van der Waals surface area contributed by atoms with Crippen LogP contribution in [0.15, 0.2) is 21.3 Å². The highest BCUT2D eigenvalue weighted by Crippen LogP contribution is 2.44. The number of fused-ring (bicyclic) bond motifs is 2. The summed E-state index contributed by atoms with van der Waals surface area (Å²) in [5.41, 5.74) is 10.7. The van der Waals surface area contributed by atoms with Gasteiger partial charge in [-0.2, -0.15) is 0 Å². The summed E-state index contributed by atoms with van der Waals surface area (Å²) in [6.07, 6.45) is 8.97. The van der Waals surface area contributed by atoms with E-state index >= 15 is 0 Å². The first-order valence-electron chi connectivity index (χ1n) is 13.1. The fraction of sp³-hybridized carbons (Fsp3) is 0.483. The lowest BCUT2D eigenvalue weighted by Crippen LogP contribution is -2.34. The molecule has 7 rings (SSSR count). The van der Waals surface area contributed by atoms with Crippen molar-refractivity contribution >= 4 is 22.3 Å². The quantitative estimate of drug-likeness (QED) is 0.562. The van der Waals surface area contributed by atoms with E-state index in [2.05, 4.69) is 28.9 Å². The lowest BCUT2D eigenvalue weighted by molar-refractivity contribution is 0.456. The van der Waals surface area contributed by atoms with Crippen LogP contribution in [0.3, 0.4) is 0 Å². The molecule has 0 fully saturated rings. The Morgan fingerprint density at radius 2 is 1.44 bits per heavy atom. The number of aromatic hydroxyl groups is 1. The van der Waals surface area contributed by atoms with Gasteiger partial charge >= 0.3 is 5.63 Å². The fourth-order valence-electron chi connectivity index (χ4n) is 7.14. The second-order valence-corrected chi connectivity index (χ2v) is 10.7. The maximum atomic E-state index is 13.3. The number of benzene rings is 2. The monoisotopic (exact) mass is 456 g/mol. The first kappa shape index (κ1) is 20.4. The lowest BCUT2D eigenvalue weighted by Gasteiger charge is -2.37. The van der Waals surface area contributed by atoms with Crippen molar-refractivity contribution in [1.82, 2.24) is 0 Å². The summed E-state index contributed by atoms with van der Waals surface area (Å²) in [6, 6.07) is 4.44. The van der Waals surface area contributed by atoms with Crippen molar-refractivity contribution in [2.75, 3.05) is 36.0 Å². The Morgan fingerprint density at radius 3 is 2.15 bits per heavy atom. The molecule has 0 bridgehead atoms. The average Bonchev–Trinajstić information content (AvgIpc) is 2.86. The van der Waals surface area contributed by atoms with Crippen LogP contribution in [0.2, 0.25) is 0 Å². The van der Waals surface area contributed by atoms with E-state index in [1.165, 1.54) is 34.5 Å². The normalized spacial score (nSPS) is 18.7. The van der Waals surface area contributed by atoms with Crippen molar-refractivity contribution in [1.29, 1.82) is 0 Å². The van der Waals surface area contributed by atoms with Gasteiger partial charge in [-0.1, -0.05) is 0 Å². The molecule has 5 heteroatoms. The molecular weight excluding hydrogens is 424 g/mol. The molecule has 0 saturated carbocycles. The number of phenolic OH excluding ortho intramolecular Hbond substituents is 1. The molecule has 5 heterocycles. The van der Waals surface area contributed by atoms with Gasteiger partial charge < -0.3 is 19.3 Å². The highest BCUT2D eigenvalue weighted by molar-refractivity contribution is 5.91. The molecule has 176 valence electrons. The molecule has 0 radical (unpaired) electrons. The molecule has 34 heavy (non-hydrogen) atoms. The number of aryl methyl sites for hydroxylation is 4. The van der Waals surface area contributed by atoms with E-state index in [1.54, 1.807) is 0 Å². The van der Waals surface area contributed by atoms with Crippen LogP contribution in [0.1, 0.15) is 64.6 Å². The molecule has 4 aliphatic heterocycles. The van der Waals surface area contributed by atoms with E-state index in [0.717, 1.165) is 98.8 Å². The van der Waals surface area contributed by atoms with Gasteiger partial charge in [-0.25, -0.2) is 4.79 Å². The number of hydrogen-bond acceptors (Lipinski definition) is 5. The highest BCUT2D eigenvalue weighted by atomic mass is 16.4. The smallest absolute Gasteiger partial charge is 0.340 e. The summed E-state index contributed by atoms with van der Waals surface area (Å²) < 4.78 is 6.08. The predicted octanol–water partition coefficient (Wildman–Crippen LogP) is 4.80. The second kappa shape index (κ2) is 7.53. The van der Waals surface area contributed by atoms with Crippen LogP contribution in [0.25, 0.3) is 11.0 Å². The van der Waals surface area contributed by atoms with Crippen molar-refractivity contribution in [3.8, 4) is 5.75 Å². The maximum absolute atomic E-state index is 13.3. The SMILES string of the molecule is Cc1c(Cc2cc3c4c(c2O)CCCN4CCC3)c(=O)oc2c3c4c(cc12)CCCN4CCC3. The van der Waals surface area contributed by atoms with E-state index in [0.29, 0.717) is 17.7 Å². The van der Waals surface area contributed by atoms with Gasteiger partial charge in [0, 0.05) is 66.1 Å². The average molecular weight is 457 g/mol. The molecular formula is C29H32N2O3. The third-order valence-electron chi connectivity index (χ3n) is 8.71. The molecule has 2 aromatic carbocycles. The Kier molecular flexibility index (Phi) is 4.52. The number of phenols is 1. The summed E-state index contributed by atoms with van der Waals surface area (Å²) in [4.78, 5) is 18.3. The number of rotatable bonds is 2. The zero-order chi connectivity index (χ0) is 23.0. The van der Waals surface area contributed by atoms with Crippen LogP contribution in [0.5, 0.6) is 5.75 Å². The Balaban J connectivity index is 1.38. The van der Waals surface area contributed by atoms with Crippen LogP contribution < -0.4 is 15.4 Å². The summed E-state index contributed by atoms with van der Waals surface area (Å²) in [6.45, 7) is 6.43. The number of nitrogens with zero attached hydrogens (tertiary/aromatic N) is 2. The van der Waals surface area contributed by atoms with Crippen molar-refractivity contribution in [3.05, 3.63) is 61.5 Å². The summed E-state index contributed by atoms with van der Waals surface area (Å²) in [5.74, 6) is 0.389. The molecule has 0 amide bonds. The maximum Gasteiger partial charge on any atom is 0.340 e. The molecule has 0 unspecified atom stereocenters. The second-order valence-electron chi connectivity index (χ2n) is 10.7. The molecule has 0 aliphatic carbocycles. The third kappa shape index (κ3) is 2.88. The van der Waals surface area contributed by atoms with Gasteiger partial charge in [0.05, 0.1) is 0 Å². The van der Waals surface area contributed by atoms with Crippen molar-refractivity contribution in [2.24, 2.45) is 0 Å². The molecule has 0 spiro atoms. The van der Waals surface area contributed by atoms with Gasteiger partial charge in [-0.05, 0) is 92.7 Å². The van der Waals surface area contributed by atoms with Gasteiger partial charge in [-0.15, -0.1) is 0 Å². The van der Waals surface area contributed by atoms with Crippen molar-refractivity contribution in [3.63, 3.8) is 0 Å². The van der Waals surface area contributed by atoms with Crippen LogP contribution in [-0.4, -0.2) is 31.3 Å². The third-order valence-corrected chi connectivity index (χ3v) is 8.71. The van der Waals surface area contributed by atoms with E-state index in [4.69, 9.17) is 4.42 Å². The minimum Gasteiger partial charge on any atom is -0.507 e. The fourth-order valence-corrected chi connectivity index (χ4v) is 7.14. The predicted molar refractivity (Wildman–Crippen MR) is 136 cm³/mol. The van der Waals surface area contributed by atoms with Crippen molar-refractivity contribution < 1.29 is 9.52 Å². The number of hydrogen-bond donors (Lipinski definition) is 1. The van der Waals surface area contributed by atoms with Gasteiger partial charge in [0.15, 0.2) is 0 Å². The molecule has 4 aliphatic rings. The summed E-state index contributed by atoms with van der Waals surface area (Å²) in [5, 5.41) is 12.3. The molecule has 5 nitrogen and oxygen atoms in total. The molecule has 3 aromatic rings. The standard InChI is InChI=1S/C29H32N2O3/c1-17-23-15-19-7-3-11-31-13-5-9-22(26(19)31)28(23)34-29(33)24(17)16-20-14-18-6-2-10-30-12-4-8-21(25(18)30)27(20)32/h14-15,32H,2-13,16H2,1H3. The molecule has 1 N–H and O–H groups in total. The Hall–Kier alpha value is -2.95. The Bertz CT molecular complexity index is 1400. The van der Waals surface area contributed by atoms with Gasteiger partial charge in [-0.3, -0.25) is 0 Å². The molecule has 1 aromatic heterocycles. The minimum absolute atomic E-state index is 0.249. The van der Waals surface area contributed by atoms with E-state index < -0.39 is 0 Å². The van der Waals surface area contributed by atoms with Gasteiger partial charge in [0.1, 0.15) is 11.3 Å². The first-order chi connectivity index (χ1) is 16.6. The van der Waals surface area contributed by atoms with Crippen LogP contribution in [-0.2, 0) is 32.1 Å². The zero-order valence-electron chi connectivity index (χ0n) is 20.0. The van der Waals surface area contributed by atoms with Crippen molar-refractivity contribution in [2.45, 2.75) is 64.7 Å². The van der Waals surface area contributed by atoms with E-state index in [9.17, 15) is 9.90 Å².